The van der Waals surface area contributed by atoms with Gasteiger partial charge in [0, 0.05) is 30.8 Å². The average molecular weight is 297 g/mol. The van der Waals surface area contributed by atoms with Crippen LogP contribution in [0.5, 0.6) is 17.2 Å². The van der Waals surface area contributed by atoms with Crippen LogP contribution in [0.1, 0.15) is 22.0 Å². The molecule has 1 aliphatic carbocycles. The number of carbonyl (C=O) groups excluding carboxylic acids is 1. The Balaban J connectivity index is 1.58. The number of ether oxygens (including phenoxy) is 2. The number of fused-ring (bicyclic) bond motifs is 3. The van der Waals surface area contributed by atoms with Gasteiger partial charge in [-0.2, -0.15) is 0 Å². The maximum Gasteiger partial charge on any atom is 0.269 e. The summed E-state index contributed by atoms with van der Waals surface area (Å²) in [5.74, 6) is 2.15. The highest BCUT2D eigenvalue weighted by atomic mass is 16.5. The van der Waals surface area contributed by atoms with Crippen molar-refractivity contribution in [1.29, 1.82) is 0 Å². The van der Waals surface area contributed by atoms with Crippen molar-refractivity contribution in [2.24, 2.45) is 5.73 Å². The van der Waals surface area contributed by atoms with Crippen molar-refractivity contribution in [3.8, 4) is 17.2 Å². The molecule has 22 heavy (non-hydrogen) atoms. The Bertz CT molecular complexity index is 762. The van der Waals surface area contributed by atoms with Gasteiger partial charge < -0.3 is 20.5 Å². The number of pyridine rings is 1. The maximum atomic E-state index is 11.6. The fraction of sp³-hybridized carbons (Fsp3) is 0.250. The predicted molar refractivity (Wildman–Crippen MR) is 79.3 cm³/mol. The first kappa shape index (κ1) is 13.1. The van der Waals surface area contributed by atoms with Gasteiger partial charge in [0.2, 0.25) is 0 Å². The molecule has 2 heterocycles. The van der Waals surface area contributed by atoms with Crippen molar-refractivity contribution in [2.75, 3.05) is 7.05 Å². The Kier molecular flexibility index (Phi) is 2.80. The van der Waals surface area contributed by atoms with Gasteiger partial charge >= 0.3 is 0 Å². The largest absolute Gasteiger partial charge is 0.488 e. The summed E-state index contributed by atoms with van der Waals surface area (Å²) in [5, 5.41) is 2.54. The Morgan fingerprint density at radius 3 is 2.95 bits per heavy atom. The summed E-state index contributed by atoms with van der Waals surface area (Å²) in [7, 11) is 1.56. The normalized spacial score (nSPS) is 24.0. The third-order valence-corrected chi connectivity index (χ3v) is 4.04. The monoisotopic (exact) mass is 297 g/mol. The summed E-state index contributed by atoms with van der Waals surface area (Å²) >= 11 is 0. The summed E-state index contributed by atoms with van der Waals surface area (Å²) in [6.07, 6.45) is 1.66. The summed E-state index contributed by atoms with van der Waals surface area (Å²) in [5.41, 5.74) is 7.35. The molecule has 4 rings (SSSR count). The van der Waals surface area contributed by atoms with Gasteiger partial charge in [-0.1, -0.05) is 0 Å². The number of rotatable bonds is 3. The zero-order valence-electron chi connectivity index (χ0n) is 11.9. The first-order valence-corrected chi connectivity index (χ1v) is 7.09. The van der Waals surface area contributed by atoms with Crippen LogP contribution in [0.3, 0.4) is 0 Å². The molecule has 2 aliphatic rings. The van der Waals surface area contributed by atoms with Crippen LogP contribution in [0.4, 0.5) is 0 Å². The van der Waals surface area contributed by atoms with E-state index in [2.05, 4.69) is 10.3 Å². The van der Waals surface area contributed by atoms with E-state index in [1.54, 1.807) is 25.4 Å². The molecule has 0 saturated heterocycles. The van der Waals surface area contributed by atoms with E-state index in [0.717, 1.165) is 11.3 Å². The molecule has 1 aliphatic heterocycles. The van der Waals surface area contributed by atoms with Crippen LogP contribution in [-0.2, 0) is 0 Å². The summed E-state index contributed by atoms with van der Waals surface area (Å²) < 4.78 is 11.5. The van der Waals surface area contributed by atoms with E-state index in [1.807, 2.05) is 18.2 Å². The number of hydrogen-bond donors (Lipinski definition) is 2. The second-order valence-electron chi connectivity index (χ2n) is 5.44. The highest BCUT2D eigenvalue weighted by Gasteiger charge is 2.56. The molecule has 1 saturated carbocycles. The molecule has 1 fully saturated rings. The van der Waals surface area contributed by atoms with Crippen molar-refractivity contribution >= 4 is 5.91 Å². The standard InChI is InChI=1S/C16H15N3O3/c1-18-16(20)11-7-9(4-5-19-11)21-8-2-3-12-10(6-8)13-14(17)15(13)22-12/h2-7,13-15H,17H2,1H3,(H,18,20). The number of amides is 1. The molecule has 112 valence electrons. The Morgan fingerprint density at radius 2 is 2.14 bits per heavy atom. The van der Waals surface area contributed by atoms with Crippen LogP contribution >= 0.6 is 0 Å². The lowest BCUT2D eigenvalue weighted by atomic mass is 10.1. The maximum absolute atomic E-state index is 11.6. The fourth-order valence-corrected chi connectivity index (χ4v) is 2.81. The first-order chi connectivity index (χ1) is 10.7. The van der Waals surface area contributed by atoms with Crippen molar-refractivity contribution in [2.45, 2.75) is 18.1 Å². The van der Waals surface area contributed by atoms with Crippen LogP contribution in [0.25, 0.3) is 0 Å². The number of nitrogens with zero attached hydrogens (tertiary/aromatic N) is 1. The van der Waals surface area contributed by atoms with E-state index in [0.29, 0.717) is 17.2 Å². The predicted octanol–water partition coefficient (Wildman–Crippen LogP) is 1.42. The van der Waals surface area contributed by atoms with Crippen LogP contribution in [0.15, 0.2) is 36.5 Å². The third kappa shape index (κ3) is 2.00. The molecule has 3 unspecified atom stereocenters. The van der Waals surface area contributed by atoms with E-state index in [1.165, 1.54) is 0 Å². The van der Waals surface area contributed by atoms with Gasteiger partial charge in [0.05, 0.1) is 6.04 Å². The SMILES string of the molecule is CNC(=O)c1cc(Oc2ccc3c(c2)C2C(N)C2O3)ccn1. The third-order valence-electron chi connectivity index (χ3n) is 4.04. The minimum absolute atomic E-state index is 0.0866. The second kappa shape index (κ2) is 4.71. The molecule has 3 N–H and O–H groups in total. The summed E-state index contributed by atoms with van der Waals surface area (Å²) in [4.78, 5) is 15.6. The zero-order valence-corrected chi connectivity index (χ0v) is 11.9. The molecule has 1 amide bonds. The van der Waals surface area contributed by atoms with Crippen molar-refractivity contribution in [3.05, 3.63) is 47.8 Å². The number of benzene rings is 1. The number of nitrogens with two attached hydrogens (primary N) is 1. The highest BCUT2D eigenvalue weighted by molar-refractivity contribution is 5.92. The second-order valence-corrected chi connectivity index (χ2v) is 5.44. The summed E-state index contributed by atoms with van der Waals surface area (Å²) in [6.45, 7) is 0. The van der Waals surface area contributed by atoms with E-state index in [-0.39, 0.29) is 24.0 Å². The lowest BCUT2D eigenvalue weighted by Crippen LogP contribution is -2.18. The van der Waals surface area contributed by atoms with Crippen LogP contribution < -0.4 is 20.5 Å². The highest BCUT2D eigenvalue weighted by Crippen LogP contribution is 2.53. The van der Waals surface area contributed by atoms with Crippen LogP contribution in [0.2, 0.25) is 0 Å². The molecule has 1 aromatic heterocycles. The number of nitrogens with one attached hydrogen (secondary N) is 1. The van der Waals surface area contributed by atoms with Crippen LogP contribution in [-0.4, -0.2) is 30.1 Å². The Morgan fingerprint density at radius 1 is 1.32 bits per heavy atom. The fourth-order valence-electron chi connectivity index (χ4n) is 2.81. The average Bonchev–Trinajstić information content (AvgIpc) is 3.01. The minimum Gasteiger partial charge on any atom is -0.488 e. The molecule has 2 aromatic rings. The minimum atomic E-state index is -0.250. The van der Waals surface area contributed by atoms with Gasteiger partial charge in [-0.3, -0.25) is 9.78 Å². The Labute approximate surface area is 127 Å². The van der Waals surface area contributed by atoms with Crippen molar-refractivity contribution < 1.29 is 14.3 Å². The van der Waals surface area contributed by atoms with Crippen molar-refractivity contribution in [1.82, 2.24) is 10.3 Å². The molecule has 1 aromatic carbocycles. The first-order valence-electron chi connectivity index (χ1n) is 7.09. The lowest BCUT2D eigenvalue weighted by molar-refractivity contribution is 0.0958. The smallest absolute Gasteiger partial charge is 0.269 e. The van der Waals surface area contributed by atoms with Gasteiger partial charge in [0.1, 0.15) is 29.0 Å². The number of hydrogen-bond acceptors (Lipinski definition) is 5. The van der Waals surface area contributed by atoms with E-state index in [4.69, 9.17) is 15.2 Å². The topological polar surface area (TPSA) is 86.5 Å². The molecule has 0 bridgehead atoms. The summed E-state index contributed by atoms with van der Waals surface area (Å²) in [6, 6.07) is 9.09. The van der Waals surface area contributed by atoms with Crippen LogP contribution in [0, 0.1) is 0 Å². The Hall–Kier alpha value is -2.60. The molecular formula is C16H15N3O3. The van der Waals surface area contributed by atoms with Gasteiger partial charge in [0.15, 0.2) is 0 Å². The molecule has 6 nitrogen and oxygen atoms in total. The van der Waals surface area contributed by atoms with E-state index in [9.17, 15) is 4.79 Å². The molecule has 3 atom stereocenters. The zero-order chi connectivity index (χ0) is 15.3. The number of carbonyl (C=O) groups is 1. The van der Waals surface area contributed by atoms with Gasteiger partial charge in [0.25, 0.3) is 5.91 Å². The quantitative estimate of drug-likeness (QED) is 0.894. The lowest BCUT2D eigenvalue weighted by Gasteiger charge is -2.10. The molecular weight excluding hydrogens is 282 g/mol. The van der Waals surface area contributed by atoms with E-state index < -0.39 is 0 Å². The number of aromatic nitrogens is 1. The molecule has 0 radical (unpaired) electrons. The molecule has 6 heteroatoms. The van der Waals surface area contributed by atoms with E-state index >= 15 is 0 Å². The van der Waals surface area contributed by atoms with Gasteiger partial charge in [-0.25, -0.2) is 0 Å². The van der Waals surface area contributed by atoms with Crippen molar-refractivity contribution in [3.63, 3.8) is 0 Å². The van der Waals surface area contributed by atoms with Gasteiger partial charge in [-0.05, 0) is 24.3 Å². The van der Waals surface area contributed by atoms with Gasteiger partial charge in [-0.15, -0.1) is 0 Å². The molecule has 0 spiro atoms.